The number of urea groups is 1. The number of likely N-dealkylation sites (tertiary alicyclic amines) is 1. The van der Waals surface area contributed by atoms with Gasteiger partial charge in [0.2, 0.25) is 0 Å². The molecular weight excluding hydrogens is 252 g/mol. The number of carbonyl (C=O) groups excluding carboxylic acids is 1. The summed E-state index contributed by atoms with van der Waals surface area (Å²) in [5.41, 5.74) is 0. The molecule has 0 aromatic heterocycles. The summed E-state index contributed by atoms with van der Waals surface area (Å²) >= 11 is 0. The molecule has 1 heterocycles. The molecule has 2 amide bonds. The van der Waals surface area contributed by atoms with Gasteiger partial charge in [-0.05, 0) is 44.4 Å². The van der Waals surface area contributed by atoms with Gasteiger partial charge in [0, 0.05) is 26.2 Å². The Morgan fingerprint density at radius 3 is 2.90 bits per heavy atom. The fourth-order valence-corrected chi connectivity index (χ4v) is 3.58. The first-order chi connectivity index (χ1) is 9.69. The van der Waals surface area contributed by atoms with Crippen LogP contribution in [0.2, 0.25) is 0 Å². The summed E-state index contributed by atoms with van der Waals surface area (Å²) in [6, 6.07) is 0.104. The van der Waals surface area contributed by atoms with Gasteiger partial charge in [-0.3, -0.25) is 0 Å². The lowest BCUT2D eigenvalue weighted by atomic mass is 9.82. The van der Waals surface area contributed by atoms with E-state index in [1.165, 1.54) is 25.7 Å². The van der Waals surface area contributed by atoms with Crippen molar-refractivity contribution < 1.29 is 9.53 Å². The average Bonchev–Trinajstić information content (AvgIpc) is 2.45. The van der Waals surface area contributed by atoms with Crippen molar-refractivity contribution in [2.45, 2.75) is 58.5 Å². The van der Waals surface area contributed by atoms with Gasteiger partial charge < -0.3 is 15.0 Å². The molecule has 3 atom stereocenters. The second kappa shape index (κ2) is 7.87. The van der Waals surface area contributed by atoms with Crippen molar-refractivity contribution in [2.75, 3.05) is 26.2 Å². The van der Waals surface area contributed by atoms with Crippen LogP contribution in [0.3, 0.4) is 0 Å². The molecule has 4 nitrogen and oxygen atoms in total. The van der Waals surface area contributed by atoms with Crippen LogP contribution < -0.4 is 5.32 Å². The summed E-state index contributed by atoms with van der Waals surface area (Å²) in [5.74, 6) is 1.50. The smallest absolute Gasteiger partial charge is 0.317 e. The van der Waals surface area contributed by atoms with Crippen LogP contribution in [-0.4, -0.2) is 43.3 Å². The first-order valence-electron chi connectivity index (χ1n) is 8.33. The number of hydrogen-bond donors (Lipinski definition) is 1. The Kier molecular flexibility index (Phi) is 6.14. The van der Waals surface area contributed by atoms with Crippen molar-refractivity contribution >= 4 is 6.03 Å². The van der Waals surface area contributed by atoms with Crippen molar-refractivity contribution in [1.29, 1.82) is 0 Å². The Morgan fingerprint density at radius 1 is 1.30 bits per heavy atom. The fourth-order valence-electron chi connectivity index (χ4n) is 3.58. The van der Waals surface area contributed by atoms with Crippen LogP contribution in [0.25, 0.3) is 0 Å². The van der Waals surface area contributed by atoms with Crippen molar-refractivity contribution in [2.24, 2.45) is 11.8 Å². The van der Waals surface area contributed by atoms with E-state index in [0.29, 0.717) is 5.92 Å². The SMILES string of the molecule is CCO[C@@H]1CCCN(C(=O)NC[C@H]2CCC[C@H](C)C2)C1. The molecule has 0 unspecified atom stereocenters. The maximum atomic E-state index is 12.2. The highest BCUT2D eigenvalue weighted by Crippen LogP contribution is 2.28. The zero-order valence-electron chi connectivity index (χ0n) is 13.1. The van der Waals surface area contributed by atoms with Gasteiger partial charge in [-0.2, -0.15) is 0 Å². The van der Waals surface area contributed by atoms with Crippen LogP contribution in [0.1, 0.15) is 52.4 Å². The lowest BCUT2D eigenvalue weighted by Gasteiger charge is -2.33. The van der Waals surface area contributed by atoms with Gasteiger partial charge in [-0.25, -0.2) is 4.79 Å². The summed E-state index contributed by atoms with van der Waals surface area (Å²) < 4.78 is 5.65. The average molecular weight is 282 g/mol. The number of carbonyl (C=O) groups is 1. The Balaban J connectivity index is 1.71. The normalized spacial score (nSPS) is 31.1. The molecule has 1 N–H and O–H groups in total. The summed E-state index contributed by atoms with van der Waals surface area (Å²) in [6.45, 7) is 7.55. The molecule has 116 valence electrons. The van der Waals surface area contributed by atoms with Gasteiger partial charge >= 0.3 is 6.03 Å². The minimum atomic E-state index is 0.104. The molecule has 0 radical (unpaired) electrons. The van der Waals surface area contributed by atoms with E-state index in [0.717, 1.165) is 45.0 Å². The van der Waals surface area contributed by atoms with E-state index < -0.39 is 0 Å². The summed E-state index contributed by atoms with van der Waals surface area (Å²) in [7, 11) is 0. The Morgan fingerprint density at radius 2 is 2.15 bits per heavy atom. The molecular formula is C16H30N2O2. The quantitative estimate of drug-likeness (QED) is 0.861. The maximum Gasteiger partial charge on any atom is 0.317 e. The third kappa shape index (κ3) is 4.65. The molecule has 4 heteroatoms. The molecule has 20 heavy (non-hydrogen) atoms. The van der Waals surface area contributed by atoms with Crippen LogP contribution in [0, 0.1) is 11.8 Å². The van der Waals surface area contributed by atoms with Gasteiger partial charge in [0.15, 0.2) is 0 Å². The van der Waals surface area contributed by atoms with Crippen molar-refractivity contribution in [3.8, 4) is 0 Å². The van der Waals surface area contributed by atoms with Gasteiger partial charge in [-0.1, -0.05) is 19.8 Å². The first-order valence-corrected chi connectivity index (χ1v) is 8.33. The van der Waals surface area contributed by atoms with E-state index in [1.54, 1.807) is 0 Å². The molecule has 2 aliphatic rings. The van der Waals surface area contributed by atoms with E-state index in [9.17, 15) is 4.79 Å². The number of hydrogen-bond acceptors (Lipinski definition) is 2. The molecule has 2 fully saturated rings. The van der Waals surface area contributed by atoms with E-state index in [4.69, 9.17) is 4.74 Å². The third-order valence-electron chi connectivity index (χ3n) is 4.65. The lowest BCUT2D eigenvalue weighted by molar-refractivity contribution is 0.0163. The fraction of sp³-hybridized carbons (Fsp3) is 0.938. The van der Waals surface area contributed by atoms with Crippen LogP contribution in [0.4, 0.5) is 4.79 Å². The molecule has 1 aliphatic heterocycles. The number of nitrogens with one attached hydrogen (secondary N) is 1. The first kappa shape index (κ1) is 15.6. The second-order valence-corrected chi connectivity index (χ2v) is 6.49. The Hall–Kier alpha value is -0.770. The number of amides is 2. The molecule has 1 saturated carbocycles. The van der Waals surface area contributed by atoms with Crippen LogP contribution in [0.5, 0.6) is 0 Å². The van der Waals surface area contributed by atoms with Gasteiger partial charge in [0.1, 0.15) is 0 Å². The van der Waals surface area contributed by atoms with Gasteiger partial charge in [0.25, 0.3) is 0 Å². The lowest BCUT2D eigenvalue weighted by Crippen LogP contribution is -2.48. The minimum absolute atomic E-state index is 0.104. The number of rotatable bonds is 4. The Labute approximate surface area is 123 Å². The second-order valence-electron chi connectivity index (χ2n) is 6.49. The molecule has 1 aliphatic carbocycles. The molecule has 0 aromatic rings. The van der Waals surface area contributed by atoms with E-state index in [1.807, 2.05) is 11.8 Å². The minimum Gasteiger partial charge on any atom is -0.377 e. The molecule has 0 spiro atoms. The number of piperidine rings is 1. The summed E-state index contributed by atoms with van der Waals surface area (Å²) in [6.07, 6.45) is 7.57. The predicted molar refractivity (Wildman–Crippen MR) is 80.7 cm³/mol. The number of nitrogens with zero attached hydrogens (tertiary/aromatic N) is 1. The highest BCUT2D eigenvalue weighted by Gasteiger charge is 2.25. The van der Waals surface area contributed by atoms with Gasteiger partial charge in [-0.15, -0.1) is 0 Å². The van der Waals surface area contributed by atoms with Crippen molar-refractivity contribution in [3.63, 3.8) is 0 Å². The largest absolute Gasteiger partial charge is 0.377 e. The van der Waals surface area contributed by atoms with Crippen LogP contribution in [0.15, 0.2) is 0 Å². The van der Waals surface area contributed by atoms with Crippen LogP contribution in [-0.2, 0) is 4.74 Å². The topological polar surface area (TPSA) is 41.6 Å². The zero-order valence-corrected chi connectivity index (χ0v) is 13.1. The molecule has 2 rings (SSSR count). The predicted octanol–water partition coefficient (Wildman–Crippen LogP) is 3.02. The van der Waals surface area contributed by atoms with Crippen molar-refractivity contribution in [3.05, 3.63) is 0 Å². The molecule has 0 bridgehead atoms. The third-order valence-corrected chi connectivity index (χ3v) is 4.65. The van der Waals surface area contributed by atoms with E-state index in [2.05, 4.69) is 12.2 Å². The summed E-state index contributed by atoms with van der Waals surface area (Å²) in [5, 5.41) is 3.14. The molecule has 0 aromatic carbocycles. The monoisotopic (exact) mass is 282 g/mol. The van der Waals surface area contributed by atoms with Gasteiger partial charge in [0.05, 0.1) is 6.10 Å². The Bertz CT molecular complexity index is 307. The highest BCUT2D eigenvalue weighted by atomic mass is 16.5. The summed E-state index contributed by atoms with van der Waals surface area (Å²) in [4.78, 5) is 14.2. The van der Waals surface area contributed by atoms with E-state index in [-0.39, 0.29) is 12.1 Å². The van der Waals surface area contributed by atoms with Crippen molar-refractivity contribution in [1.82, 2.24) is 10.2 Å². The zero-order chi connectivity index (χ0) is 14.4. The molecule has 1 saturated heterocycles. The van der Waals surface area contributed by atoms with Crippen LogP contribution >= 0.6 is 0 Å². The standard InChI is InChI=1S/C16H30N2O2/c1-3-20-15-8-5-9-18(12-15)16(19)17-11-14-7-4-6-13(2)10-14/h13-15H,3-12H2,1-2H3,(H,17,19)/t13-,14-,15+/m0/s1. The van der Waals surface area contributed by atoms with E-state index >= 15 is 0 Å². The number of ether oxygens (including phenoxy) is 1. The maximum absolute atomic E-state index is 12.2. The highest BCUT2D eigenvalue weighted by molar-refractivity contribution is 5.74.